The van der Waals surface area contributed by atoms with Crippen LogP contribution in [0.1, 0.15) is 18.1 Å². The van der Waals surface area contributed by atoms with Gasteiger partial charge in [-0.05, 0) is 31.2 Å². The van der Waals surface area contributed by atoms with Gasteiger partial charge in [-0.1, -0.05) is 0 Å². The molecule has 1 heterocycles. The zero-order valence-electron chi connectivity index (χ0n) is 15.6. The average molecular weight is 399 g/mol. The Hall–Kier alpha value is -3.72. The van der Waals surface area contributed by atoms with Gasteiger partial charge in [0, 0.05) is 29.3 Å². The molecule has 0 fully saturated rings. The molecule has 1 atom stereocenters. The third-order valence-corrected chi connectivity index (χ3v) is 4.45. The highest BCUT2D eigenvalue weighted by molar-refractivity contribution is 6.02. The van der Waals surface area contributed by atoms with Gasteiger partial charge < -0.3 is 19.3 Å². The zero-order valence-corrected chi connectivity index (χ0v) is 15.6. The molecule has 0 bridgehead atoms. The fourth-order valence-electron chi connectivity index (χ4n) is 3.03. The van der Waals surface area contributed by atoms with Crippen molar-refractivity contribution in [3.8, 4) is 11.5 Å². The molecule has 2 aromatic rings. The number of carbonyl (C=O) groups is 2. The van der Waals surface area contributed by atoms with Crippen molar-refractivity contribution in [2.75, 3.05) is 13.7 Å². The molecule has 9 nitrogen and oxygen atoms in total. The molecule has 1 aliphatic heterocycles. The summed E-state index contributed by atoms with van der Waals surface area (Å²) in [5.74, 6) is -0.686. The van der Waals surface area contributed by atoms with E-state index >= 15 is 0 Å². The Morgan fingerprint density at radius 1 is 1.28 bits per heavy atom. The Morgan fingerprint density at radius 2 is 1.97 bits per heavy atom. The summed E-state index contributed by atoms with van der Waals surface area (Å²) in [6, 6.07) is 9.51. The number of ether oxygens (including phenoxy) is 3. The number of fused-ring (bicyclic) bond motifs is 1. The van der Waals surface area contributed by atoms with Crippen LogP contribution in [0.15, 0.2) is 48.0 Å². The Bertz CT molecular complexity index is 1010. The molecule has 1 N–H and O–H groups in total. The minimum Gasteiger partial charge on any atom is -0.497 e. The van der Waals surface area contributed by atoms with E-state index in [1.165, 1.54) is 49.6 Å². The average Bonchev–Trinajstić information content (AvgIpc) is 2.73. The largest absolute Gasteiger partial charge is 0.497 e. The minimum atomic E-state index is -2.42. The van der Waals surface area contributed by atoms with Crippen LogP contribution in [0.3, 0.4) is 0 Å². The van der Waals surface area contributed by atoms with Crippen molar-refractivity contribution >= 4 is 23.7 Å². The van der Waals surface area contributed by atoms with Crippen LogP contribution in [0, 0.1) is 10.1 Å². The van der Waals surface area contributed by atoms with Gasteiger partial charge in [0.05, 0.1) is 24.2 Å². The molecule has 0 amide bonds. The number of methoxy groups -OCH3 is 1. The number of nitro benzene ring substituents is 1. The van der Waals surface area contributed by atoms with Gasteiger partial charge in [0.1, 0.15) is 17.3 Å². The maximum atomic E-state index is 12.7. The lowest BCUT2D eigenvalue weighted by Gasteiger charge is -2.34. The van der Waals surface area contributed by atoms with Crippen LogP contribution in [-0.2, 0) is 19.9 Å². The number of hydrogen-bond donors (Lipinski definition) is 1. The third kappa shape index (κ3) is 3.32. The summed E-state index contributed by atoms with van der Waals surface area (Å²) in [7, 11) is 1.44. The number of nitro groups is 1. The number of esters is 1. The number of aldehydes is 1. The maximum absolute atomic E-state index is 12.7. The Kier molecular flexibility index (Phi) is 5.33. The van der Waals surface area contributed by atoms with Crippen molar-refractivity contribution in [3.63, 3.8) is 0 Å². The zero-order chi connectivity index (χ0) is 21.2. The highest BCUT2D eigenvalue weighted by Crippen LogP contribution is 2.46. The molecule has 3 rings (SSSR count). The van der Waals surface area contributed by atoms with Crippen molar-refractivity contribution in [2.24, 2.45) is 0 Å². The topological polar surface area (TPSA) is 125 Å². The third-order valence-electron chi connectivity index (χ3n) is 4.45. The smallest absolute Gasteiger partial charge is 0.348 e. The van der Waals surface area contributed by atoms with Crippen molar-refractivity contribution in [1.82, 2.24) is 0 Å². The summed E-state index contributed by atoms with van der Waals surface area (Å²) in [4.78, 5) is 34.9. The van der Waals surface area contributed by atoms with Crippen LogP contribution in [0.4, 0.5) is 5.69 Å². The van der Waals surface area contributed by atoms with Crippen molar-refractivity contribution in [2.45, 2.75) is 12.5 Å². The molecule has 9 heteroatoms. The van der Waals surface area contributed by atoms with Crippen LogP contribution in [0.5, 0.6) is 11.5 Å². The number of hydrogen-bond acceptors (Lipinski definition) is 8. The van der Waals surface area contributed by atoms with E-state index in [0.717, 1.165) is 0 Å². The van der Waals surface area contributed by atoms with Gasteiger partial charge in [0.15, 0.2) is 6.29 Å². The predicted octanol–water partition coefficient (Wildman–Crippen LogP) is 2.36. The van der Waals surface area contributed by atoms with Gasteiger partial charge in [0.2, 0.25) is 5.60 Å². The molecule has 150 valence electrons. The van der Waals surface area contributed by atoms with E-state index in [1.54, 1.807) is 6.92 Å². The number of non-ortho nitro benzene ring substituents is 1. The van der Waals surface area contributed by atoms with E-state index in [-0.39, 0.29) is 40.5 Å². The molecule has 0 saturated heterocycles. The SMILES string of the molecule is CCOC(=O)[C@]1(O)C(C=O)=C(c2ccc([N+](=O)[O-])cc2)Oc2cc(OC)ccc21. The van der Waals surface area contributed by atoms with Crippen LogP contribution in [0.2, 0.25) is 0 Å². The highest BCUT2D eigenvalue weighted by Gasteiger charge is 2.50. The Morgan fingerprint density at radius 3 is 2.52 bits per heavy atom. The lowest BCUT2D eigenvalue weighted by Crippen LogP contribution is -2.43. The van der Waals surface area contributed by atoms with Gasteiger partial charge >= 0.3 is 5.97 Å². The van der Waals surface area contributed by atoms with Gasteiger partial charge in [-0.2, -0.15) is 0 Å². The number of aliphatic hydroxyl groups is 1. The maximum Gasteiger partial charge on any atom is 0.348 e. The molecular formula is C20H17NO8. The lowest BCUT2D eigenvalue weighted by molar-refractivity contribution is -0.384. The monoisotopic (exact) mass is 399 g/mol. The Labute approximate surface area is 165 Å². The van der Waals surface area contributed by atoms with Crippen LogP contribution >= 0.6 is 0 Å². The summed E-state index contributed by atoms with van der Waals surface area (Å²) in [6.07, 6.45) is 0.306. The van der Waals surface area contributed by atoms with Gasteiger partial charge in [-0.15, -0.1) is 0 Å². The van der Waals surface area contributed by atoms with E-state index < -0.39 is 16.5 Å². The van der Waals surface area contributed by atoms with E-state index in [1.807, 2.05) is 0 Å². The van der Waals surface area contributed by atoms with Crippen molar-refractivity contribution < 1.29 is 33.8 Å². The van der Waals surface area contributed by atoms with E-state index in [2.05, 4.69) is 0 Å². The fraction of sp³-hybridized carbons (Fsp3) is 0.200. The molecule has 0 radical (unpaired) electrons. The van der Waals surface area contributed by atoms with E-state index in [9.17, 15) is 24.8 Å². The molecule has 2 aromatic carbocycles. The standard InChI is InChI=1S/C20H17NO8/c1-3-28-19(23)20(24)15-9-8-14(27-2)10-17(15)29-18(16(20)11-22)12-4-6-13(7-5-12)21(25)26/h4-11,24H,3H2,1-2H3/t20-/m1/s1. The second-order valence-electron chi connectivity index (χ2n) is 6.06. The molecule has 0 aromatic heterocycles. The number of carbonyl (C=O) groups excluding carboxylic acids is 2. The second-order valence-corrected chi connectivity index (χ2v) is 6.06. The normalized spacial score (nSPS) is 17.8. The van der Waals surface area contributed by atoms with Gasteiger partial charge in [-0.25, -0.2) is 4.79 Å². The first-order valence-corrected chi connectivity index (χ1v) is 8.57. The summed E-state index contributed by atoms with van der Waals surface area (Å²) in [5.41, 5.74) is -2.68. The van der Waals surface area contributed by atoms with E-state index in [4.69, 9.17) is 14.2 Å². The Balaban J connectivity index is 2.25. The predicted molar refractivity (Wildman–Crippen MR) is 100 cm³/mol. The van der Waals surface area contributed by atoms with Crippen LogP contribution < -0.4 is 9.47 Å². The lowest BCUT2D eigenvalue weighted by atomic mass is 9.82. The minimum absolute atomic E-state index is 0.0181. The van der Waals surface area contributed by atoms with Crippen molar-refractivity contribution in [3.05, 3.63) is 69.3 Å². The first-order chi connectivity index (χ1) is 13.9. The molecule has 29 heavy (non-hydrogen) atoms. The molecule has 0 unspecified atom stereocenters. The van der Waals surface area contributed by atoms with Crippen LogP contribution in [-0.4, -0.2) is 36.0 Å². The second kappa shape index (κ2) is 7.72. The summed E-state index contributed by atoms with van der Waals surface area (Å²) >= 11 is 0. The van der Waals surface area contributed by atoms with E-state index in [0.29, 0.717) is 12.0 Å². The number of nitrogens with zero attached hydrogens (tertiary/aromatic N) is 1. The number of benzene rings is 2. The first-order valence-electron chi connectivity index (χ1n) is 8.57. The molecule has 1 aliphatic rings. The summed E-state index contributed by atoms with van der Waals surface area (Å²) in [5, 5.41) is 22.2. The fourth-order valence-corrected chi connectivity index (χ4v) is 3.03. The molecule has 0 saturated carbocycles. The molecule has 0 spiro atoms. The summed E-state index contributed by atoms with van der Waals surface area (Å²) in [6.45, 7) is 1.55. The molecular weight excluding hydrogens is 382 g/mol. The molecule has 0 aliphatic carbocycles. The highest BCUT2D eigenvalue weighted by atomic mass is 16.6. The number of rotatable bonds is 6. The first kappa shape index (κ1) is 20.0. The van der Waals surface area contributed by atoms with Gasteiger partial charge in [-0.3, -0.25) is 14.9 Å². The van der Waals surface area contributed by atoms with Crippen molar-refractivity contribution in [1.29, 1.82) is 0 Å². The summed E-state index contributed by atoms with van der Waals surface area (Å²) < 4.78 is 16.0. The quantitative estimate of drug-likeness (QED) is 0.340. The van der Waals surface area contributed by atoms with Crippen LogP contribution in [0.25, 0.3) is 5.76 Å². The van der Waals surface area contributed by atoms with Gasteiger partial charge in [0.25, 0.3) is 5.69 Å².